The number of rotatable bonds is 6. The summed E-state index contributed by atoms with van der Waals surface area (Å²) in [7, 11) is 0. The minimum absolute atomic E-state index is 0.556. The van der Waals surface area contributed by atoms with Gasteiger partial charge in [0, 0.05) is 17.6 Å². The van der Waals surface area contributed by atoms with Crippen LogP contribution in [0.3, 0.4) is 0 Å². The second kappa shape index (κ2) is 5.56. The minimum atomic E-state index is 0.556. The molecule has 1 aromatic carbocycles. The molecule has 0 unspecified atom stereocenters. The maximum Gasteiger partial charge on any atom is 0.120 e. The molecule has 0 saturated heterocycles. The summed E-state index contributed by atoms with van der Waals surface area (Å²) in [4.78, 5) is 0. The van der Waals surface area contributed by atoms with Crippen LogP contribution in [0.1, 0.15) is 18.4 Å². The first-order valence-electron chi connectivity index (χ1n) is 5.94. The van der Waals surface area contributed by atoms with Crippen LogP contribution in [0.5, 0.6) is 5.75 Å². The third-order valence-corrected chi connectivity index (χ3v) is 3.21. The molecule has 1 N–H and O–H groups in total. The Morgan fingerprint density at radius 3 is 2.94 bits per heavy atom. The summed E-state index contributed by atoms with van der Waals surface area (Å²) in [5, 5.41) is 4.18. The molecule has 0 spiro atoms. The van der Waals surface area contributed by atoms with Crippen LogP contribution in [-0.4, -0.2) is 19.2 Å². The molecule has 0 atom stereocenters. The second-order valence-corrected chi connectivity index (χ2v) is 5.01. The van der Waals surface area contributed by atoms with Crippen molar-refractivity contribution in [3.8, 4) is 5.75 Å². The van der Waals surface area contributed by atoms with E-state index in [0.29, 0.717) is 12.6 Å². The highest BCUT2D eigenvalue weighted by molar-refractivity contribution is 6.31. The number of nitrogens with one attached hydrogen (secondary N) is 1. The summed E-state index contributed by atoms with van der Waals surface area (Å²) in [6.07, 6.45) is 2.59. The molecule has 0 radical (unpaired) electrons. The van der Waals surface area contributed by atoms with Gasteiger partial charge in [-0.05, 0) is 49.1 Å². The van der Waals surface area contributed by atoms with E-state index in [1.807, 2.05) is 25.1 Å². The minimum Gasteiger partial charge on any atom is -0.489 e. The third kappa shape index (κ3) is 4.06. The van der Waals surface area contributed by atoms with Crippen molar-refractivity contribution >= 4 is 11.6 Å². The van der Waals surface area contributed by atoms with Crippen LogP contribution < -0.4 is 10.1 Å². The molecule has 3 heteroatoms. The molecule has 0 bridgehead atoms. The Morgan fingerprint density at radius 2 is 2.29 bits per heavy atom. The van der Waals surface area contributed by atoms with Gasteiger partial charge in [-0.15, -0.1) is 0 Å². The van der Waals surface area contributed by atoms with Crippen LogP contribution in [0, 0.1) is 6.92 Å². The summed E-state index contributed by atoms with van der Waals surface area (Å²) >= 11 is 5.95. The predicted molar refractivity (Wildman–Crippen MR) is 71.8 cm³/mol. The molecule has 1 aliphatic carbocycles. The molecule has 0 aromatic heterocycles. The lowest BCUT2D eigenvalue weighted by Crippen LogP contribution is -2.21. The Bertz CT molecular complexity index is 413. The molecule has 0 aliphatic heterocycles. The zero-order valence-corrected chi connectivity index (χ0v) is 10.9. The molecule has 2 rings (SSSR count). The Kier molecular flexibility index (Phi) is 4.08. The highest BCUT2D eigenvalue weighted by Gasteiger charge is 2.20. The van der Waals surface area contributed by atoms with Gasteiger partial charge in [-0.3, -0.25) is 0 Å². The van der Waals surface area contributed by atoms with Crippen LogP contribution >= 0.6 is 11.6 Å². The molecule has 92 valence electrons. The van der Waals surface area contributed by atoms with Crippen molar-refractivity contribution in [1.82, 2.24) is 5.32 Å². The molecule has 0 heterocycles. The number of ether oxygens (including phenoxy) is 1. The van der Waals surface area contributed by atoms with E-state index in [2.05, 4.69) is 11.9 Å². The van der Waals surface area contributed by atoms with Gasteiger partial charge in [0.25, 0.3) is 0 Å². The van der Waals surface area contributed by atoms with Gasteiger partial charge in [-0.1, -0.05) is 18.2 Å². The molecule has 1 fully saturated rings. The van der Waals surface area contributed by atoms with Crippen LogP contribution in [-0.2, 0) is 0 Å². The number of benzene rings is 1. The summed E-state index contributed by atoms with van der Waals surface area (Å²) in [6.45, 7) is 7.37. The molecular formula is C14H18ClNO. The molecule has 0 amide bonds. The maximum absolute atomic E-state index is 5.95. The fraction of sp³-hybridized carbons (Fsp3) is 0.429. The fourth-order valence-electron chi connectivity index (χ4n) is 1.52. The predicted octanol–water partition coefficient (Wildman–Crippen LogP) is 3.34. The van der Waals surface area contributed by atoms with Crippen molar-refractivity contribution in [1.29, 1.82) is 0 Å². The smallest absolute Gasteiger partial charge is 0.120 e. The van der Waals surface area contributed by atoms with Gasteiger partial charge in [0.2, 0.25) is 0 Å². The van der Waals surface area contributed by atoms with Crippen LogP contribution in [0.25, 0.3) is 0 Å². The van der Waals surface area contributed by atoms with Crippen molar-refractivity contribution in [2.75, 3.05) is 13.2 Å². The first-order valence-corrected chi connectivity index (χ1v) is 6.32. The van der Waals surface area contributed by atoms with Crippen molar-refractivity contribution in [2.45, 2.75) is 25.8 Å². The zero-order valence-electron chi connectivity index (χ0n) is 10.1. The van der Waals surface area contributed by atoms with Gasteiger partial charge in [-0.2, -0.15) is 0 Å². The summed E-state index contributed by atoms with van der Waals surface area (Å²) in [5.74, 6) is 0.847. The van der Waals surface area contributed by atoms with E-state index in [-0.39, 0.29) is 0 Å². The van der Waals surface area contributed by atoms with Gasteiger partial charge in [0.1, 0.15) is 12.4 Å². The van der Waals surface area contributed by atoms with Crippen LogP contribution in [0.4, 0.5) is 0 Å². The summed E-state index contributed by atoms with van der Waals surface area (Å²) in [5.41, 5.74) is 2.11. The van der Waals surface area contributed by atoms with E-state index in [9.17, 15) is 0 Å². The number of aryl methyl sites for hydroxylation is 1. The summed E-state index contributed by atoms with van der Waals surface area (Å²) in [6, 6.07) is 6.41. The summed E-state index contributed by atoms with van der Waals surface area (Å²) < 4.78 is 5.66. The number of halogens is 1. The standard InChI is InChI=1S/C14H18ClNO/c1-10(8-16-12-3-4-12)9-17-13-5-6-14(15)11(2)7-13/h5-7,12,16H,1,3-4,8-9H2,2H3. The lowest BCUT2D eigenvalue weighted by atomic mass is 10.2. The third-order valence-electron chi connectivity index (χ3n) is 2.79. The van der Waals surface area contributed by atoms with Crippen molar-refractivity contribution < 1.29 is 4.74 Å². The molecule has 1 saturated carbocycles. The molecule has 2 nitrogen and oxygen atoms in total. The molecule has 1 aliphatic rings. The van der Waals surface area contributed by atoms with Crippen molar-refractivity contribution in [3.05, 3.63) is 40.9 Å². The molecule has 1 aromatic rings. The Morgan fingerprint density at radius 1 is 1.53 bits per heavy atom. The number of hydrogen-bond acceptors (Lipinski definition) is 2. The SMILES string of the molecule is C=C(CNC1CC1)COc1ccc(Cl)c(C)c1. The van der Waals surface area contributed by atoms with Crippen molar-refractivity contribution in [2.24, 2.45) is 0 Å². The van der Waals surface area contributed by atoms with Crippen LogP contribution in [0.2, 0.25) is 5.02 Å². The topological polar surface area (TPSA) is 21.3 Å². The largest absolute Gasteiger partial charge is 0.489 e. The molecular weight excluding hydrogens is 234 g/mol. The van der Waals surface area contributed by atoms with E-state index in [0.717, 1.165) is 28.5 Å². The highest BCUT2D eigenvalue weighted by atomic mass is 35.5. The van der Waals surface area contributed by atoms with Gasteiger partial charge in [0.05, 0.1) is 0 Å². The van der Waals surface area contributed by atoms with Crippen molar-refractivity contribution in [3.63, 3.8) is 0 Å². The maximum atomic E-state index is 5.95. The quantitative estimate of drug-likeness (QED) is 0.783. The van der Waals surface area contributed by atoms with E-state index < -0.39 is 0 Å². The first kappa shape index (κ1) is 12.5. The number of hydrogen-bond donors (Lipinski definition) is 1. The van der Waals surface area contributed by atoms with Gasteiger partial charge in [0.15, 0.2) is 0 Å². The van der Waals surface area contributed by atoms with Gasteiger partial charge in [-0.25, -0.2) is 0 Å². The van der Waals surface area contributed by atoms with E-state index >= 15 is 0 Å². The average molecular weight is 252 g/mol. The Balaban J connectivity index is 1.75. The average Bonchev–Trinajstić information content (AvgIpc) is 3.12. The van der Waals surface area contributed by atoms with Crippen LogP contribution in [0.15, 0.2) is 30.4 Å². The fourth-order valence-corrected chi connectivity index (χ4v) is 1.64. The monoisotopic (exact) mass is 251 g/mol. The van der Waals surface area contributed by atoms with E-state index in [1.54, 1.807) is 0 Å². The lowest BCUT2D eigenvalue weighted by molar-refractivity contribution is 0.348. The lowest BCUT2D eigenvalue weighted by Gasteiger charge is -2.10. The zero-order chi connectivity index (χ0) is 12.3. The Hall–Kier alpha value is -0.990. The normalized spacial score (nSPS) is 14.7. The van der Waals surface area contributed by atoms with Gasteiger partial charge >= 0.3 is 0 Å². The van der Waals surface area contributed by atoms with E-state index in [1.165, 1.54) is 12.8 Å². The van der Waals surface area contributed by atoms with Gasteiger partial charge < -0.3 is 10.1 Å². The second-order valence-electron chi connectivity index (χ2n) is 4.60. The Labute approximate surface area is 108 Å². The highest BCUT2D eigenvalue weighted by Crippen LogP contribution is 2.21. The molecule has 17 heavy (non-hydrogen) atoms. The van der Waals surface area contributed by atoms with E-state index in [4.69, 9.17) is 16.3 Å². The first-order chi connectivity index (χ1) is 8.15.